The molecule has 2 rings (SSSR count). The number of urea groups is 1. The van der Waals surface area contributed by atoms with Crippen LogP contribution in [0.15, 0.2) is 24.3 Å². The highest BCUT2D eigenvalue weighted by Gasteiger charge is 2.53. The van der Waals surface area contributed by atoms with E-state index in [1.165, 1.54) is 12.1 Å². The van der Waals surface area contributed by atoms with Gasteiger partial charge in [-0.1, -0.05) is 12.1 Å². The lowest BCUT2D eigenvalue weighted by molar-refractivity contribution is -0.187. The summed E-state index contributed by atoms with van der Waals surface area (Å²) >= 11 is 0. The molecule has 1 aromatic rings. The van der Waals surface area contributed by atoms with Crippen molar-refractivity contribution in [3.8, 4) is 5.75 Å². The van der Waals surface area contributed by atoms with Crippen molar-refractivity contribution >= 4 is 12.0 Å². The fraction of sp³-hybridized carbons (Fsp3) is 0.467. The number of nitrogens with one attached hydrogen (secondary N) is 1. The number of amides is 2. The SMILES string of the molecule is C[C@H](NC(=O)N1C[C@@H](C(F)(F)F)[C@H](C(=O)O)C1)c1cccc(O)c1. The van der Waals surface area contributed by atoms with Crippen LogP contribution < -0.4 is 5.32 Å². The number of aromatic hydroxyl groups is 1. The Balaban J connectivity index is 2.06. The van der Waals surface area contributed by atoms with Crippen molar-refractivity contribution in [1.82, 2.24) is 10.2 Å². The van der Waals surface area contributed by atoms with Gasteiger partial charge < -0.3 is 20.4 Å². The van der Waals surface area contributed by atoms with Gasteiger partial charge in [0.05, 0.1) is 17.9 Å². The number of carbonyl (C=O) groups excluding carboxylic acids is 1. The minimum absolute atomic E-state index is 0.00199. The largest absolute Gasteiger partial charge is 0.508 e. The Morgan fingerprint density at radius 1 is 1.33 bits per heavy atom. The van der Waals surface area contributed by atoms with Crippen molar-refractivity contribution in [2.75, 3.05) is 13.1 Å². The van der Waals surface area contributed by atoms with Gasteiger partial charge in [0, 0.05) is 13.1 Å². The first-order valence-corrected chi connectivity index (χ1v) is 7.23. The van der Waals surface area contributed by atoms with Crippen LogP contribution in [0.3, 0.4) is 0 Å². The molecule has 6 nitrogen and oxygen atoms in total. The van der Waals surface area contributed by atoms with Crippen molar-refractivity contribution in [3.05, 3.63) is 29.8 Å². The predicted octanol–water partition coefficient (Wildman–Crippen LogP) is 2.36. The van der Waals surface area contributed by atoms with Gasteiger partial charge in [0.2, 0.25) is 0 Å². The summed E-state index contributed by atoms with van der Waals surface area (Å²) in [6, 6.07) is 4.76. The Hall–Kier alpha value is -2.45. The van der Waals surface area contributed by atoms with Gasteiger partial charge in [-0.3, -0.25) is 4.79 Å². The highest BCUT2D eigenvalue weighted by Crippen LogP contribution is 2.37. The van der Waals surface area contributed by atoms with E-state index < -0.39 is 49.1 Å². The number of likely N-dealkylation sites (tertiary alicyclic amines) is 1. The van der Waals surface area contributed by atoms with E-state index in [9.17, 15) is 27.9 Å². The third-order valence-corrected chi connectivity index (χ3v) is 4.05. The molecule has 1 aromatic carbocycles. The van der Waals surface area contributed by atoms with Crippen molar-refractivity contribution in [1.29, 1.82) is 0 Å². The monoisotopic (exact) mass is 346 g/mol. The van der Waals surface area contributed by atoms with Gasteiger partial charge in [-0.05, 0) is 24.6 Å². The Morgan fingerprint density at radius 2 is 2.00 bits per heavy atom. The molecule has 1 aliphatic rings. The molecule has 1 heterocycles. The van der Waals surface area contributed by atoms with Crippen LogP contribution in [0.5, 0.6) is 5.75 Å². The summed E-state index contributed by atoms with van der Waals surface area (Å²) in [5.74, 6) is -5.34. The lowest BCUT2D eigenvalue weighted by Crippen LogP contribution is -2.40. The zero-order chi connectivity index (χ0) is 18.1. The van der Waals surface area contributed by atoms with Gasteiger partial charge in [-0.25, -0.2) is 4.79 Å². The van der Waals surface area contributed by atoms with Crippen LogP contribution in [0.2, 0.25) is 0 Å². The lowest BCUT2D eigenvalue weighted by atomic mass is 9.96. The van der Waals surface area contributed by atoms with Crippen LogP contribution in [0, 0.1) is 11.8 Å². The number of hydrogen-bond donors (Lipinski definition) is 3. The standard InChI is InChI=1S/C15H17F3N2O4/c1-8(9-3-2-4-10(21)5-9)19-14(24)20-6-11(13(22)23)12(7-20)15(16,17)18/h2-5,8,11-12,21H,6-7H2,1H3,(H,19,24)(H,22,23)/t8-,11+,12+/m0/s1. The molecule has 1 saturated heterocycles. The van der Waals surface area contributed by atoms with Crippen molar-refractivity contribution in [3.63, 3.8) is 0 Å². The number of aliphatic carboxylic acids is 1. The fourth-order valence-corrected chi connectivity index (χ4v) is 2.71. The van der Waals surface area contributed by atoms with Crippen LogP contribution in [-0.2, 0) is 4.79 Å². The number of carbonyl (C=O) groups is 2. The van der Waals surface area contributed by atoms with E-state index >= 15 is 0 Å². The number of benzene rings is 1. The Labute approximate surface area is 135 Å². The normalized spacial score (nSPS) is 22.2. The quantitative estimate of drug-likeness (QED) is 0.784. The first-order chi connectivity index (χ1) is 11.1. The van der Waals surface area contributed by atoms with Gasteiger partial charge in [-0.2, -0.15) is 13.2 Å². The molecule has 0 radical (unpaired) electrons. The highest BCUT2D eigenvalue weighted by molar-refractivity contribution is 5.78. The topological polar surface area (TPSA) is 89.9 Å². The van der Waals surface area contributed by atoms with Crippen LogP contribution >= 0.6 is 0 Å². The molecular formula is C15H17F3N2O4. The van der Waals surface area contributed by atoms with Gasteiger partial charge >= 0.3 is 18.2 Å². The number of alkyl halides is 3. The molecule has 1 fully saturated rings. The first-order valence-electron chi connectivity index (χ1n) is 7.23. The van der Waals surface area contributed by atoms with E-state index in [0.717, 1.165) is 4.90 Å². The number of phenols is 1. The molecule has 0 aliphatic carbocycles. The third-order valence-electron chi connectivity index (χ3n) is 4.05. The zero-order valence-electron chi connectivity index (χ0n) is 12.7. The summed E-state index contributed by atoms with van der Waals surface area (Å²) in [5.41, 5.74) is 0.574. The Morgan fingerprint density at radius 3 is 2.50 bits per heavy atom. The van der Waals surface area contributed by atoms with Gasteiger partial charge in [0.15, 0.2) is 0 Å². The number of carboxylic acids is 1. The molecule has 24 heavy (non-hydrogen) atoms. The summed E-state index contributed by atoms with van der Waals surface area (Å²) in [6.45, 7) is 0.413. The minimum atomic E-state index is -4.69. The molecule has 9 heteroatoms. The fourth-order valence-electron chi connectivity index (χ4n) is 2.71. The average Bonchev–Trinajstić information content (AvgIpc) is 2.92. The predicted molar refractivity (Wildman–Crippen MR) is 77.3 cm³/mol. The molecule has 1 aliphatic heterocycles. The number of carboxylic acid groups (broad SMARTS) is 1. The molecule has 132 valence electrons. The second kappa shape index (κ2) is 6.58. The van der Waals surface area contributed by atoms with E-state index in [2.05, 4.69) is 5.32 Å². The minimum Gasteiger partial charge on any atom is -0.508 e. The number of hydrogen-bond acceptors (Lipinski definition) is 3. The number of phenolic OH excluding ortho intramolecular Hbond substituents is 1. The van der Waals surface area contributed by atoms with Crippen LogP contribution in [-0.4, -0.2) is 46.4 Å². The van der Waals surface area contributed by atoms with E-state index in [1.807, 2.05) is 0 Å². The second-order valence-electron chi connectivity index (χ2n) is 5.76. The molecule has 0 saturated carbocycles. The van der Waals surface area contributed by atoms with Crippen LogP contribution in [0.4, 0.5) is 18.0 Å². The van der Waals surface area contributed by atoms with Crippen LogP contribution in [0.25, 0.3) is 0 Å². The summed E-state index contributed by atoms with van der Waals surface area (Å²) in [4.78, 5) is 24.0. The maximum atomic E-state index is 12.9. The third kappa shape index (κ3) is 3.90. The van der Waals surface area contributed by atoms with Crippen LogP contribution in [0.1, 0.15) is 18.5 Å². The summed E-state index contributed by atoms with van der Waals surface area (Å²) < 4.78 is 38.8. The maximum Gasteiger partial charge on any atom is 0.394 e. The molecule has 3 N–H and O–H groups in total. The van der Waals surface area contributed by atoms with E-state index in [-0.39, 0.29) is 5.75 Å². The molecule has 0 aromatic heterocycles. The Bertz CT molecular complexity index is 635. The molecule has 0 unspecified atom stereocenters. The molecule has 0 bridgehead atoms. The van der Waals surface area contributed by atoms with Gasteiger partial charge in [0.25, 0.3) is 0 Å². The van der Waals surface area contributed by atoms with Crippen molar-refractivity contribution in [2.24, 2.45) is 11.8 Å². The lowest BCUT2D eigenvalue weighted by Gasteiger charge is -2.21. The zero-order valence-corrected chi connectivity index (χ0v) is 12.7. The van der Waals surface area contributed by atoms with Gasteiger partial charge in [0.1, 0.15) is 5.75 Å². The summed E-state index contributed by atoms with van der Waals surface area (Å²) in [7, 11) is 0. The second-order valence-corrected chi connectivity index (χ2v) is 5.76. The van der Waals surface area contributed by atoms with E-state index in [4.69, 9.17) is 5.11 Å². The van der Waals surface area contributed by atoms with Gasteiger partial charge in [-0.15, -0.1) is 0 Å². The van der Waals surface area contributed by atoms with Crippen molar-refractivity contribution < 1.29 is 33.0 Å². The Kier molecular flexibility index (Phi) is 4.91. The maximum absolute atomic E-state index is 12.9. The summed E-state index contributed by atoms with van der Waals surface area (Å²) in [5, 5.41) is 20.9. The molecule has 3 atom stereocenters. The highest BCUT2D eigenvalue weighted by atomic mass is 19.4. The van der Waals surface area contributed by atoms with E-state index in [1.54, 1.807) is 19.1 Å². The first kappa shape index (κ1) is 17.9. The molecule has 0 spiro atoms. The number of halogens is 3. The van der Waals surface area contributed by atoms with E-state index in [0.29, 0.717) is 5.56 Å². The average molecular weight is 346 g/mol. The van der Waals surface area contributed by atoms with Crippen molar-refractivity contribution in [2.45, 2.75) is 19.1 Å². The molecule has 2 amide bonds. The smallest absolute Gasteiger partial charge is 0.394 e. The molecular weight excluding hydrogens is 329 g/mol. The number of nitrogens with zero attached hydrogens (tertiary/aromatic N) is 1. The summed E-state index contributed by atoms with van der Waals surface area (Å²) in [6.07, 6.45) is -4.69. The number of rotatable bonds is 3.